The third kappa shape index (κ3) is 2.03. The first kappa shape index (κ1) is 10.2. The molecule has 0 spiro atoms. The summed E-state index contributed by atoms with van der Waals surface area (Å²) in [6, 6.07) is 6.82. The first-order valence-corrected chi connectivity index (χ1v) is 4.81. The number of benzene rings is 1. The Hall–Kier alpha value is -2.30. The maximum Gasteiger partial charge on any atom is 0.229 e. The zero-order valence-corrected chi connectivity index (χ0v) is 8.81. The van der Waals surface area contributed by atoms with Crippen LogP contribution in [0, 0.1) is 6.92 Å². The minimum Gasteiger partial charge on any atom is -0.508 e. The van der Waals surface area contributed by atoms with Crippen LogP contribution in [-0.2, 0) is 0 Å². The van der Waals surface area contributed by atoms with E-state index in [0.29, 0.717) is 11.8 Å². The molecule has 4 N–H and O–H groups in total. The molecule has 1 aromatic carbocycles. The molecule has 16 heavy (non-hydrogen) atoms. The van der Waals surface area contributed by atoms with E-state index in [1.807, 2.05) is 13.0 Å². The number of hydrogen-bond acceptors (Lipinski definition) is 5. The van der Waals surface area contributed by atoms with Gasteiger partial charge in [-0.25, -0.2) is 4.98 Å². The highest BCUT2D eigenvalue weighted by molar-refractivity contribution is 5.62. The van der Waals surface area contributed by atoms with E-state index in [0.717, 1.165) is 11.3 Å². The summed E-state index contributed by atoms with van der Waals surface area (Å²) in [6.45, 7) is 1.81. The molecule has 0 aliphatic carbocycles. The molecule has 0 saturated carbocycles. The third-order valence-electron chi connectivity index (χ3n) is 2.23. The van der Waals surface area contributed by atoms with Crippen molar-refractivity contribution >= 4 is 17.5 Å². The fraction of sp³-hybridized carbons (Fsp3) is 0.0909. The lowest BCUT2D eigenvalue weighted by atomic mass is 10.2. The number of phenols is 1. The molecule has 0 atom stereocenters. The fourth-order valence-electron chi connectivity index (χ4n) is 1.31. The van der Waals surface area contributed by atoms with Gasteiger partial charge >= 0.3 is 0 Å². The van der Waals surface area contributed by atoms with Gasteiger partial charge in [-0.15, -0.1) is 0 Å². The van der Waals surface area contributed by atoms with Crippen LogP contribution in [0.2, 0.25) is 0 Å². The van der Waals surface area contributed by atoms with Crippen LogP contribution in [0.25, 0.3) is 0 Å². The second kappa shape index (κ2) is 4.06. The van der Waals surface area contributed by atoms with Crippen molar-refractivity contribution in [3.63, 3.8) is 0 Å². The molecular weight excluding hydrogens is 204 g/mol. The van der Waals surface area contributed by atoms with Crippen LogP contribution in [0.1, 0.15) is 5.56 Å². The summed E-state index contributed by atoms with van der Waals surface area (Å²) in [5.41, 5.74) is 7.04. The molecule has 2 aromatic rings. The second-order valence-electron chi connectivity index (χ2n) is 3.38. The summed E-state index contributed by atoms with van der Waals surface area (Å²) >= 11 is 0. The van der Waals surface area contributed by atoms with Gasteiger partial charge in [0.15, 0.2) is 0 Å². The van der Waals surface area contributed by atoms with E-state index in [4.69, 9.17) is 5.73 Å². The zero-order chi connectivity index (χ0) is 11.5. The standard InChI is InChI=1S/C11H12N4O/c1-7-8(3-2-4-9(7)16)14-11-13-6-5-10(12)15-11/h2-6,16H,1H3,(H3,12,13,14,15). The molecule has 0 amide bonds. The first-order chi connectivity index (χ1) is 7.66. The normalized spacial score (nSPS) is 10.1. The van der Waals surface area contributed by atoms with Gasteiger partial charge in [-0.2, -0.15) is 4.98 Å². The zero-order valence-electron chi connectivity index (χ0n) is 8.81. The summed E-state index contributed by atoms with van der Waals surface area (Å²) < 4.78 is 0. The summed E-state index contributed by atoms with van der Waals surface area (Å²) in [7, 11) is 0. The minimum absolute atomic E-state index is 0.230. The Labute approximate surface area is 93.0 Å². The van der Waals surface area contributed by atoms with Gasteiger partial charge in [0.25, 0.3) is 0 Å². The highest BCUT2D eigenvalue weighted by atomic mass is 16.3. The van der Waals surface area contributed by atoms with Gasteiger partial charge in [0.05, 0.1) is 0 Å². The number of rotatable bonds is 2. The predicted octanol–water partition coefficient (Wildman–Crippen LogP) is 1.82. The van der Waals surface area contributed by atoms with Gasteiger partial charge in [0, 0.05) is 17.4 Å². The van der Waals surface area contributed by atoms with Crippen LogP contribution in [0.4, 0.5) is 17.5 Å². The van der Waals surface area contributed by atoms with E-state index >= 15 is 0 Å². The molecule has 0 bridgehead atoms. The van der Waals surface area contributed by atoms with Gasteiger partial charge in [-0.3, -0.25) is 0 Å². The quantitative estimate of drug-likeness (QED) is 0.713. The molecule has 0 radical (unpaired) electrons. The first-order valence-electron chi connectivity index (χ1n) is 4.81. The Balaban J connectivity index is 2.31. The van der Waals surface area contributed by atoms with Crippen molar-refractivity contribution in [3.05, 3.63) is 36.0 Å². The Morgan fingerprint density at radius 3 is 2.88 bits per heavy atom. The molecule has 0 aliphatic rings. The van der Waals surface area contributed by atoms with E-state index in [1.165, 1.54) is 0 Å². The summed E-state index contributed by atoms with van der Waals surface area (Å²) in [4.78, 5) is 8.03. The van der Waals surface area contributed by atoms with Crippen molar-refractivity contribution in [2.45, 2.75) is 6.92 Å². The van der Waals surface area contributed by atoms with E-state index in [-0.39, 0.29) is 5.75 Å². The lowest BCUT2D eigenvalue weighted by molar-refractivity contribution is 0.471. The molecule has 0 fully saturated rings. The predicted molar refractivity (Wildman–Crippen MR) is 62.6 cm³/mol. The largest absolute Gasteiger partial charge is 0.508 e. The Morgan fingerprint density at radius 1 is 1.31 bits per heavy atom. The molecule has 1 aromatic heterocycles. The van der Waals surface area contributed by atoms with Crippen LogP contribution < -0.4 is 11.1 Å². The van der Waals surface area contributed by atoms with Gasteiger partial charge in [-0.05, 0) is 25.1 Å². The Kier molecular flexibility index (Phi) is 2.59. The van der Waals surface area contributed by atoms with Crippen LogP contribution in [0.15, 0.2) is 30.5 Å². The molecule has 5 nitrogen and oxygen atoms in total. The number of nitrogens with zero attached hydrogens (tertiary/aromatic N) is 2. The maximum atomic E-state index is 9.53. The fourth-order valence-corrected chi connectivity index (χ4v) is 1.31. The number of nitrogens with two attached hydrogens (primary N) is 1. The van der Waals surface area contributed by atoms with Crippen molar-refractivity contribution in [3.8, 4) is 5.75 Å². The highest BCUT2D eigenvalue weighted by Crippen LogP contribution is 2.25. The number of aromatic nitrogens is 2. The number of nitrogen functional groups attached to an aromatic ring is 1. The van der Waals surface area contributed by atoms with E-state index < -0.39 is 0 Å². The number of anilines is 3. The van der Waals surface area contributed by atoms with Gasteiger partial charge in [0.2, 0.25) is 5.95 Å². The maximum absolute atomic E-state index is 9.53. The lowest BCUT2D eigenvalue weighted by Crippen LogP contribution is -2.00. The van der Waals surface area contributed by atoms with E-state index in [2.05, 4.69) is 15.3 Å². The summed E-state index contributed by atoms with van der Waals surface area (Å²) in [5, 5.41) is 12.5. The molecule has 5 heteroatoms. The molecule has 1 heterocycles. The van der Waals surface area contributed by atoms with Crippen molar-refractivity contribution in [2.24, 2.45) is 0 Å². The minimum atomic E-state index is 0.230. The molecule has 0 saturated heterocycles. The third-order valence-corrected chi connectivity index (χ3v) is 2.23. The van der Waals surface area contributed by atoms with Gasteiger partial charge < -0.3 is 16.2 Å². The van der Waals surface area contributed by atoms with Crippen molar-refractivity contribution in [1.29, 1.82) is 0 Å². The van der Waals surface area contributed by atoms with E-state index in [1.54, 1.807) is 24.4 Å². The van der Waals surface area contributed by atoms with Crippen LogP contribution in [-0.4, -0.2) is 15.1 Å². The van der Waals surface area contributed by atoms with Gasteiger partial charge in [0.1, 0.15) is 11.6 Å². The molecule has 82 valence electrons. The van der Waals surface area contributed by atoms with E-state index in [9.17, 15) is 5.11 Å². The Morgan fingerprint density at radius 2 is 2.12 bits per heavy atom. The van der Waals surface area contributed by atoms with Crippen molar-refractivity contribution in [2.75, 3.05) is 11.1 Å². The van der Waals surface area contributed by atoms with Crippen molar-refractivity contribution in [1.82, 2.24) is 9.97 Å². The average molecular weight is 216 g/mol. The monoisotopic (exact) mass is 216 g/mol. The van der Waals surface area contributed by atoms with Crippen LogP contribution in [0.5, 0.6) is 5.75 Å². The SMILES string of the molecule is Cc1c(O)cccc1Nc1nccc(N)n1. The van der Waals surface area contributed by atoms with Crippen molar-refractivity contribution < 1.29 is 5.11 Å². The second-order valence-corrected chi connectivity index (χ2v) is 3.38. The van der Waals surface area contributed by atoms with Gasteiger partial charge in [-0.1, -0.05) is 6.07 Å². The smallest absolute Gasteiger partial charge is 0.229 e. The molecule has 2 rings (SSSR count). The topological polar surface area (TPSA) is 84.1 Å². The average Bonchev–Trinajstić information content (AvgIpc) is 2.25. The highest BCUT2D eigenvalue weighted by Gasteiger charge is 2.04. The number of phenolic OH excluding ortho intramolecular Hbond substituents is 1. The summed E-state index contributed by atoms with van der Waals surface area (Å²) in [5.74, 6) is 1.04. The molecule has 0 unspecified atom stereocenters. The number of nitrogens with one attached hydrogen (secondary N) is 1. The number of aromatic hydroxyl groups is 1. The van der Waals surface area contributed by atoms with Crippen LogP contribution in [0.3, 0.4) is 0 Å². The molecular formula is C11H12N4O. The lowest BCUT2D eigenvalue weighted by Gasteiger charge is -2.08. The van der Waals surface area contributed by atoms with Crippen LogP contribution >= 0.6 is 0 Å². The number of hydrogen-bond donors (Lipinski definition) is 3. The Bertz CT molecular complexity index is 513. The molecule has 0 aliphatic heterocycles. The summed E-state index contributed by atoms with van der Waals surface area (Å²) in [6.07, 6.45) is 1.57.